The third-order valence-electron chi connectivity index (χ3n) is 8.69. The molecule has 5 heterocycles. The molecular formula is C28H34N6O3. The number of ketones is 1. The van der Waals surface area contributed by atoms with Crippen molar-refractivity contribution in [2.45, 2.75) is 83.0 Å². The van der Waals surface area contributed by atoms with E-state index >= 15 is 0 Å². The minimum Gasteiger partial charge on any atom is -0.343 e. The number of hydrogen-bond acceptors (Lipinski definition) is 6. The number of aromatic nitrogens is 2. The monoisotopic (exact) mass is 502 g/mol. The fourth-order valence-electron chi connectivity index (χ4n) is 6.62. The highest BCUT2D eigenvalue weighted by Gasteiger charge is 2.48. The molecule has 2 amide bonds. The van der Waals surface area contributed by atoms with Crippen LogP contribution >= 0.6 is 0 Å². The normalized spacial score (nSPS) is 22.1. The maximum atomic E-state index is 13.6. The fourth-order valence-corrected chi connectivity index (χ4v) is 6.62. The van der Waals surface area contributed by atoms with E-state index in [-0.39, 0.29) is 29.9 Å². The summed E-state index contributed by atoms with van der Waals surface area (Å²) < 4.78 is 2.21. The largest absolute Gasteiger partial charge is 0.343 e. The van der Waals surface area contributed by atoms with Gasteiger partial charge in [0.1, 0.15) is 11.4 Å². The summed E-state index contributed by atoms with van der Waals surface area (Å²) in [6.45, 7) is 8.40. The highest BCUT2D eigenvalue weighted by atomic mass is 16.2. The molecule has 0 unspecified atom stereocenters. The molecule has 0 bridgehead atoms. The molecule has 2 saturated heterocycles. The number of amides is 2. The summed E-state index contributed by atoms with van der Waals surface area (Å²) in [4.78, 5) is 49.0. The third kappa shape index (κ3) is 3.91. The van der Waals surface area contributed by atoms with Gasteiger partial charge in [-0.1, -0.05) is 6.07 Å². The number of aliphatic imine (C=N–C) groups is 1. The first kappa shape index (κ1) is 24.0. The Labute approximate surface area is 216 Å². The van der Waals surface area contributed by atoms with Gasteiger partial charge in [-0.05, 0) is 62.3 Å². The standard InChI is InChI=1S/C28H34N6O3/c1-16-8-17-9-18(10-25(37)33-6-4-28(5-7-33)23(35)11-24(36)32-28)26-31-14-22(27(2,3)29)34(26)15-21(17)20-13-30-12-19(16)20/h8,13-14,18H,4-7,9-12,15,29H2,1-3H3,(H,32,36)/t18-/m0/s1. The van der Waals surface area contributed by atoms with Crippen LogP contribution < -0.4 is 11.1 Å². The molecule has 0 radical (unpaired) electrons. The molecule has 3 N–H and O–H groups in total. The smallest absolute Gasteiger partial charge is 0.228 e. The number of Topliss-reactive ketones (excluding diaryl/α,β-unsaturated/α-hetero) is 1. The van der Waals surface area contributed by atoms with Crippen LogP contribution in [0.5, 0.6) is 0 Å². The molecule has 1 atom stereocenters. The first-order chi connectivity index (χ1) is 17.6. The van der Waals surface area contributed by atoms with Gasteiger partial charge in [-0.25, -0.2) is 4.98 Å². The van der Waals surface area contributed by atoms with Gasteiger partial charge >= 0.3 is 0 Å². The Morgan fingerprint density at radius 3 is 2.68 bits per heavy atom. The highest BCUT2D eigenvalue weighted by molar-refractivity contribution is 6.10. The molecule has 1 spiro atoms. The lowest BCUT2D eigenvalue weighted by Gasteiger charge is -2.38. The van der Waals surface area contributed by atoms with Gasteiger partial charge in [0.15, 0.2) is 5.78 Å². The van der Waals surface area contributed by atoms with E-state index in [1.54, 1.807) is 0 Å². The molecule has 194 valence electrons. The number of nitrogens with one attached hydrogen (secondary N) is 1. The van der Waals surface area contributed by atoms with Crippen LogP contribution in [0, 0.1) is 6.92 Å². The van der Waals surface area contributed by atoms with Crippen LogP contribution in [0.25, 0.3) is 0 Å². The van der Waals surface area contributed by atoms with Crippen molar-refractivity contribution in [1.29, 1.82) is 0 Å². The lowest BCUT2D eigenvalue weighted by molar-refractivity contribution is -0.135. The van der Waals surface area contributed by atoms with Gasteiger partial charge in [0.25, 0.3) is 0 Å². The Morgan fingerprint density at radius 1 is 1.24 bits per heavy atom. The van der Waals surface area contributed by atoms with Crippen molar-refractivity contribution in [2.75, 3.05) is 13.1 Å². The number of aryl methyl sites for hydroxylation is 1. The van der Waals surface area contributed by atoms with Crippen molar-refractivity contribution in [3.8, 4) is 0 Å². The zero-order valence-corrected chi connectivity index (χ0v) is 21.8. The first-order valence-electron chi connectivity index (χ1n) is 13.2. The van der Waals surface area contributed by atoms with E-state index in [4.69, 9.17) is 10.7 Å². The lowest BCUT2D eigenvalue weighted by atomic mass is 9.84. The van der Waals surface area contributed by atoms with Gasteiger partial charge in [0.05, 0.1) is 36.9 Å². The maximum absolute atomic E-state index is 13.6. The van der Waals surface area contributed by atoms with Crippen LogP contribution in [0.15, 0.2) is 17.3 Å². The molecule has 0 aliphatic carbocycles. The SMILES string of the molecule is Cc1cc2c(c3c1CN=C3)Cn1c(C(C)(C)N)cnc1[C@H](CC(=O)N1CCC3(CC1)NC(=O)CC3=O)C2. The number of imidazole rings is 1. The molecule has 6 rings (SSSR count). The predicted octanol–water partition coefficient (Wildman–Crippen LogP) is 1.85. The molecule has 2 fully saturated rings. The predicted molar refractivity (Wildman–Crippen MR) is 138 cm³/mol. The van der Waals surface area contributed by atoms with Gasteiger partial charge in [-0.2, -0.15) is 0 Å². The van der Waals surface area contributed by atoms with Crippen LogP contribution in [-0.4, -0.2) is 56.9 Å². The second-order valence-electron chi connectivity index (χ2n) is 11.7. The average Bonchev–Trinajstić information content (AvgIpc) is 3.52. The minimum atomic E-state index is -0.785. The van der Waals surface area contributed by atoms with E-state index < -0.39 is 11.1 Å². The van der Waals surface area contributed by atoms with Gasteiger partial charge in [-0.15, -0.1) is 0 Å². The third-order valence-corrected chi connectivity index (χ3v) is 8.69. The van der Waals surface area contributed by atoms with Crippen LogP contribution in [-0.2, 0) is 39.4 Å². The zero-order chi connectivity index (χ0) is 26.1. The maximum Gasteiger partial charge on any atom is 0.228 e. The highest BCUT2D eigenvalue weighted by Crippen LogP contribution is 2.38. The van der Waals surface area contributed by atoms with E-state index in [0.29, 0.717) is 45.4 Å². The number of carbonyl (C=O) groups excluding carboxylic acids is 3. The Kier molecular flexibility index (Phi) is 5.42. The summed E-state index contributed by atoms with van der Waals surface area (Å²) in [5.41, 5.74) is 12.3. The number of rotatable bonds is 3. The lowest BCUT2D eigenvalue weighted by Crippen LogP contribution is -2.55. The Balaban J connectivity index is 1.30. The topological polar surface area (TPSA) is 123 Å². The number of fused-ring (bicyclic) bond motifs is 4. The fraction of sp³-hybridized carbons (Fsp3) is 0.536. The molecule has 9 nitrogen and oxygen atoms in total. The van der Waals surface area contributed by atoms with Gasteiger partial charge in [0, 0.05) is 37.2 Å². The zero-order valence-electron chi connectivity index (χ0n) is 21.8. The summed E-state index contributed by atoms with van der Waals surface area (Å²) in [6.07, 6.45) is 5.80. The van der Waals surface area contributed by atoms with E-state index in [2.05, 4.69) is 27.9 Å². The van der Waals surface area contributed by atoms with Crippen molar-refractivity contribution >= 4 is 23.8 Å². The minimum absolute atomic E-state index is 0.0460. The van der Waals surface area contributed by atoms with Crippen molar-refractivity contribution < 1.29 is 14.4 Å². The van der Waals surface area contributed by atoms with Gasteiger partial charge in [-0.3, -0.25) is 19.4 Å². The van der Waals surface area contributed by atoms with Crippen LogP contribution in [0.1, 0.15) is 84.8 Å². The molecule has 37 heavy (non-hydrogen) atoms. The van der Waals surface area contributed by atoms with Crippen LogP contribution in [0.3, 0.4) is 0 Å². The number of hydrogen-bond donors (Lipinski definition) is 2. The second kappa shape index (κ2) is 8.34. The molecule has 0 saturated carbocycles. The van der Waals surface area contributed by atoms with E-state index in [9.17, 15) is 14.4 Å². The molecular weight excluding hydrogens is 468 g/mol. The van der Waals surface area contributed by atoms with E-state index in [1.165, 1.54) is 27.8 Å². The van der Waals surface area contributed by atoms with Crippen LogP contribution in [0.2, 0.25) is 0 Å². The first-order valence-corrected chi connectivity index (χ1v) is 13.2. The molecule has 9 heteroatoms. The number of benzene rings is 1. The van der Waals surface area contributed by atoms with Crippen molar-refractivity contribution in [3.05, 3.63) is 51.6 Å². The molecule has 4 aliphatic rings. The van der Waals surface area contributed by atoms with Gasteiger partial charge < -0.3 is 20.5 Å². The second-order valence-corrected chi connectivity index (χ2v) is 11.7. The van der Waals surface area contributed by atoms with E-state index in [0.717, 1.165) is 17.9 Å². The van der Waals surface area contributed by atoms with Gasteiger partial charge in [0.2, 0.25) is 11.8 Å². The number of likely N-dealkylation sites (tertiary alicyclic amines) is 1. The quantitative estimate of drug-likeness (QED) is 0.620. The summed E-state index contributed by atoms with van der Waals surface area (Å²) in [5, 5.41) is 2.87. The number of nitrogens with zero attached hydrogens (tertiary/aromatic N) is 4. The summed E-state index contributed by atoms with van der Waals surface area (Å²) in [6, 6.07) is 2.26. The van der Waals surface area contributed by atoms with Crippen LogP contribution in [0.4, 0.5) is 0 Å². The number of piperidine rings is 1. The molecule has 2 aromatic rings. The molecule has 1 aromatic carbocycles. The number of nitrogens with two attached hydrogens (primary N) is 1. The molecule has 4 aliphatic heterocycles. The van der Waals surface area contributed by atoms with E-state index in [1.807, 2.05) is 31.2 Å². The molecule has 1 aromatic heterocycles. The summed E-state index contributed by atoms with van der Waals surface area (Å²) in [5.74, 6) is 0.604. The average molecular weight is 503 g/mol. The summed E-state index contributed by atoms with van der Waals surface area (Å²) >= 11 is 0. The Hall–Kier alpha value is -3.33. The number of carbonyl (C=O) groups is 3. The van der Waals surface area contributed by atoms with Crippen molar-refractivity contribution in [3.63, 3.8) is 0 Å². The Morgan fingerprint density at radius 2 is 2.00 bits per heavy atom. The van der Waals surface area contributed by atoms with Crippen molar-refractivity contribution in [1.82, 2.24) is 19.8 Å². The Bertz CT molecular complexity index is 1360. The van der Waals surface area contributed by atoms with Crippen molar-refractivity contribution in [2.24, 2.45) is 10.7 Å². The summed E-state index contributed by atoms with van der Waals surface area (Å²) in [7, 11) is 0.